The molecule has 8 heteroatoms. The zero-order chi connectivity index (χ0) is 22.4. The van der Waals surface area contributed by atoms with E-state index in [0.717, 1.165) is 16.9 Å². The molecule has 4 rings (SSSR count). The molecule has 2 saturated heterocycles. The Labute approximate surface area is 185 Å². The molecule has 0 saturated carbocycles. The first kappa shape index (κ1) is 22.5. The highest BCUT2D eigenvalue weighted by atomic mass is 35.5. The highest BCUT2D eigenvalue weighted by Crippen LogP contribution is 2.51. The smallest absolute Gasteiger partial charge is 0.225 e. The van der Waals surface area contributed by atoms with Gasteiger partial charge >= 0.3 is 0 Å². The molecule has 2 aromatic carbocycles. The summed E-state index contributed by atoms with van der Waals surface area (Å²) in [5, 5.41) is 42.5. The Bertz CT molecular complexity index is 934. The Balaban J connectivity index is 1.67. The summed E-state index contributed by atoms with van der Waals surface area (Å²) in [4.78, 5) is 0. The Morgan fingerprint density at radius 2 is 1.84 bits per heavy atom. The van der Waals surface area contributed by atoms with E-state index in [4.69, 9.17) is 25.8 Å². The van der Waals surface area contributed by atoms with Gasteiger partial charge in [0.1, 0.15) is 29.7 Å². The van der Waals surface area contributed by atoms with Crippen LogP contribution in [0.2, 0.25) is 5.02 Å². The van der Waals surface area contributed by atoms with Gasteiger partial charge in [-0.25, -0.2) is 0 Å². The van der Waals surface area contributed by atoms with Gasteiger partial charge in [0, 0.05) is 10.6 Å². The van der Waals surface area contributed by atoms with Crippen LogP contribution in [0.5, 0.6) is 5.75 Å². The van der Waals surface area contributed by atoms with Crippen molar-refractivity contribution in [1.82, 2.24) is 0 Å². The van der Waals surface area contributed by atoms with Crippen molar-refractivity contribution in [1.29, 1.82) is 0 Å². The third kappa shape index (κ3) is 3.64. The van der Waals surface area contributed by atoms with Gasteiger partial charge in [0.05, 0.1) is 19.3 Å². The lowest BCUT2D eigenvalue weighted by atomic mass is 9.81. The molecule has 4 N–H and O–H groups in total. The van der Waals surface area contributed by atoms with Crippen molar-refractivity contribution in [2.75, 3.05) is 13.2 Å². The minimum absolute atomic E-state index is 0.184. The molecule has 0 radical (unpaired) electrons. The van der Waals surface area contributed by atoms with Gasteiger partial charge < -0.3 is 34.6 Å². The zero-order valence-electron chi connectivity index (χ0n) is 17.4. The van der Waals surface area contributed by atoms with Gasteiger partial charge in [0.2, 0.25) is 5.79 Å². The van der Waals surface area contributed by atoms with Gasteiger partial charge in [-0.15, -0.1) is 0 Å². The Morgan fingerprint density at radius 1 is 1.13 bits per heavy atom. The fourth-order valence-corrected chi connectivity index (χ4v) is 4.51. The first-order valence-corrected chi connectivity index (χ1v) is 10.7. The quantitative estimate of drug-likeness (QED) is 0.531. The van der Waals surface area contributed by atoms with Crippen molar-refractivity contribution in [2.24, 2.45) is 0 Å². The first-order valence-electron chi connectivity index (χ1n) is 10.3. The molecule has 0 spiro atoms. The molecular formula is C23H27ClO7. The Morgan fingerprint density at radius 3 is 2.48 bits per heavy atom. The second-order valence-electron chi connectivity index (χ2n) is 8.13. The maximum absolute atomic E-state index is 10.8. The molecule has 0 amide bonds. The number of halogens is 1. The van der Waals surface area contributed by atoms with Gasteiger partial charge in [0.25, 0.3) is 0 Å². The number of rotatable bonds is 6. The highest BCUT2D eigenvalue weighted by molar-refractivity contribution is 6.31. The lowest BCUT2D eigenvalue weighted by Crippen LogP contribution is -2.67. The van der Waals surface area contributed by atoms with E-state index in [1.54, 1.807) is 18.2 Å². The first-order chi connectivity index (χ1) is 14.7. The summed E-state index contributed by atoms with van der Waals surface area (Å²) in [6, 6.07) is 12.7. The summed E-state index contributed by atoms with van der Waals surface area (Å²) in [6.07, 6.45) is -5.25. The standard InChI is InChI=1S/C23H27ClO7/c1-3-29-17-7-4-14(5-8-17)10-15-11-16(6-9-18(15)24)23-21(28)19(26)20(27)22(31-23,12-30-23)13(2)25/h4-9,11,13,19-21,25-28H,3,10,12H2,1-2H3/t13-,19+,20+,21-,22-,23+/m1/s1. The Kier molecular flexibility index (Phi) is 6.04. The fraction of sp³-hybridized carbons (Fsp3) is 0.478. The topological polar surface area (TPSA) is 109 Å². The van der Waals surface area contributed by atoms with E-state index in [9.17, 15) is 20.4 Å². The van der Waals surface area contributed by atoms with Crippen LogP contribution in [0.1, 0.15) is 30.5 Å². The summed E-state index contributed by atoms with van der Waals surface area (Å²) in [7, 11) is 0. The number of benzene rings is 2. The number of aliphatic hydroxyl groups is 4. The molecule has 2 fully saturated rings. The molecule has 0 aromatic heterocycles. The summed E-state index contributed by atoms with van der Waals surface area (Å²) in [6.45, 7) is 3.78. The van der Waals surface area contributed by atoms with Gasteiger partial charge in [-0.2, -0.15) is 0 Å². The van der Waals surface area contributed by atoms with E-state index in [2.05, 4.69) is 0 Å². The predicted octanol–water partition coefficient (Wildman–Crippen LogP) is 1.74. The molecular weight excluding hydrogens is 424 g/mol. The lowest BCUT2D eigenvalue weighted by Gasteiger charge is -2.47. The van der Waals surface area contributed by atoms with Gasteiger partial charge in [-0.05, 0) is 55.7 Å². The maximum Gasteiger partial charge on any atom is 0.225 e. The molecule has 2 aromatic rings. The van der Waals surface area contributed by atoms with E-state index < -0.39 is 35.8 Å². The van der Waals surface area contributed by atoms with Crippen molar-refractivity contribution < 1.29 is 34.6 Å². The molecule has 0 aliphatic carbocycles. The summed E-state index contributed by atoms with van der Waals surface area (Å²) in [5.74, 6) is -0.946. The van der Waals surface area contributed by atoms with Crippen LogP contribution in [-0.4, -0.2) is 63.7 Å². The summed E-state index contributed by atoms with van der Waals surface area (Å²) < 4.78 is 17.3. The number of hydrogen-bond donors (Lipinski definition) is 4. The van der Waals surface area contributed by atoms with Crippen LogP contribution < -0.4 is 4.74 Å². The number of hydrogen-bond acceptors (Lipinski definition) is 7. The normalized spacial score (nSPS) is 33.3. The molecule has 2 aliphatic rings. The average molecular weight is 451 g/mol. The van der Waals surface area contributed by atoms with Gasteiger partial charge in [-0.1, -0.05) is 29.8 Å². The molecule has 31 heavy (non-hydrogen) atoms. The summed E-state index contributed by atoms with van der Waals surface area (Å²) in [5.41, 5.74) is 0.672. The number of ether oxygens (including phenoxy) is 3. The monoisotopic (exact) mass is 450 g/mol. The van der Waals surface area contributed by atoms with Crippen LogP contribution in [0.25, 0.3) is 0 Å². The van der Waals surface area contributed by atoms with E-state index in [1.165, 1.54) is 6.92 Å². The number of fused-ring (bicyclic) bond motifs is 2. The van der Waals surface area contributed by atoms with E-state index in [1.807, 2.05) is 31.2 Å². The van der Waals surface area contributed by atoms with Crippen LogP contribution in [0.15, 0.2) is 42.5 Å². The van der Waals surface area contributed by atoms with Crippen LogP contribution in [0.4, 0.5) is 0 Å². The second kappa shape index (κ2) is 8.33. The van der Waals surface area contributed by atoms with E-state index >= 15 is 0 Å². The SMILES string of the molecule is CCOc1ccc(Cc2cc([C@]34OC[C@]([C@@H](C)O)(O3)[C@@H](O)[C@H](O)[C@H]4O)ccc2Cl)cc1. The molecule has 6 atom stereocenters. The van der Waals surface area contributed by atoms with Crippen molar-refractivity contribution in [3.63, 3.8) is 0 Å². The molecule has 2 bridgehead atoms. The van der Waals surface area contributed by atoms with Crippen LogP contribution in [0, 0.1) is 0 Å². The minimum Gasteiger partial charge on any atom is -0.494 e. The minimum atomic E-state index is -1.73. The van der Waals surface area contributed by atoms with Crippen molar-refractivity contribution in [3.05, 3.63) is 64.2 Å². The van der Waals surface area contributed by atoms with Crippen molar-refractivity contribution >= 4 is 11.6 Å². The molecule has 2 aliphatic heterocycles. The third-order valence-corrected chi connectivity index (χ3v) is 6.54. The van der Waals surface area contributed by atoms with E-state index in [-0.39, 0.29) is 6.61 Å². The fourth-order valence-electron chi connectivity index (χ4n) is 4.32. The maximum atomic E-state index is 10.8. The van der Waals surface area contributed by atoms with Gasteiger partial charge in [0.15, 0.2) is 0 Å². The highest BCUT2D eigenvalue weighted by Gasteiger charge is 2.68. The second-order valence-corrected chi connectivity index (χ2v) is 8.54. The lowest BCUT2D eigenvalue weighted by molar-refractivity contribution is -0.336. The molecule has 0 unspecified atom stereocenters. The van der Waals surface area contributed by atoms with Crippen molar-refractivity contribution in [3.8, 4) is 5.75 Å². The van der Waals surface area contributed by atoms with Crippen molar-refractivity contribution in [2.45, 2.75) is 56.1 Å². The molecule has 2 heterocycles. The Hall–Kier alpha value is -1.71. The molecule has 168 valence electrons. The third-order valence-electron chi connectivity index (χ3n) is 6.18. The number of aliphatic hydroxyl groups excluding tert-OH is 4. The summed E-state index contributed by atoms with van der Waals surface area (Å²) >= 11 is 6.43. The van der Waals surface area contributed by atoms with Crippen LogP contribution >= 0.6 is 11.6 Å². The zero-order valence-corrected chi connectivity index (χ0v) is 18.1. The van der Waals surface area contributed by atoms with Crippen LogP contribution in [-0.2, 0) is 21.7 Å². The predicted molar refractivity (Wildman–Crippen MR) is 113 cm³/mol. The van der Waals surface area contributed by atoms with Crippen LogP contribution in [0.3, 0.4) is 0 Å². The average Bonchev–Trinajstić information content (AvgIpc) is 3.15. The molecule has 7 nitrogen and oxygen atoms in total. The van der Waals surface area contributed by atoms with E-state index in [0.29, 0.717) is 23.6 Å². The largest absolute Gasteiger partial charge is 0.494 e. The van der Waals surface area contributed by atoms with Gasteiger partial charge in [-0.3, -0.25) is 0 Å².